The summed E-state index contributed by atoms with van der Waals surface area (Å²) in [5.41, 5.74) is 0.788. The number of rotatable bonds is 5. The van der Waals surface area contributed by atoms with Crippen molar-refractivity contribution in [3.8, 4) is 5.75 Å². The topological polar surface area (TPSA) is 46.6 Å². The lowest BCUT2D eigenvalue weighted by atomic mass is 10.1. The zero-order valence-corrected chi connectivity index (χ0v) is 9.89. The Morgan fingerprint density at radius 1 is 1.11 bits per heavy atom. The zero-order valence-electron chi connectivity index (χ0n) is 9.89. The minimum atomic E-state index is -0.307. The van der Waals surface area contributed by atoms with Crippen LogP contribution in [0.15, 0.2) is 43.5 Å². The Morgan fingerprint density at radius 2 is 1.83 bits per heavy atom. The third-order valence-corrected chi connectivity index (χ3v) is 2.62. The first-order chi connectivity index (χ1) is 8.69. The van der Waals surface area contributed by atoms with Crippen LogP contribution in [-0.2, 0) is 0 Å². The molecule has 0 unspecified atom stereocenters. The number of carbonyl (C=O) groups excluding carboxylic acids is 2. The predicted molar refractivity (Wildman–Crippen MR) is 67.7 cm³/mol. The number of hydrogen-bond donors (Lipinski definition) is 0. The number of ether oxygens (including phenoxy) is 1. The van der Waals surface area contributed by atoms with Gasteiger partial charge in [0.2, 0.25) is 0 Å². The lowest BCUT2D eigenvalue weighted by Gasteiger charge is -2.09. The molecule has 92 valence electrons. The fraction of sp³-hybridized carbons (Fsp3) is 0.143. The monoisotopic (exact) mass is 243 g/mol. The van der Waals surface area contributed by atoms with E-state index in [4.69, 9.17) is 4.74 Å². The van der Waals surface area contributed by atoms with E-state index in [9.17, 15) is 9.59 Å². The highest BCUT2D eigenvalue weighted by Crippen LogP contribution is 2.26. The molecule has 1 aliphatic rings. The summed E-state index contributed by atoms with van der Waals surface area (Å²) in [6, 6.07) is 4.87. The van der Waals surface area contributed by atoms with E-state index >= 15 is 0 Å². The average molecular weight is 243 g/mol. The van der Waals surface area contributed by atoms with Crippen molar-refractivity contribution in [3.05, 3.63) is 54.6 Å². The van der Waals surface area contributed by atoms with Crippen LogP contribution >= 0.6 is 0 Å². The van der Waals surface area contributed by atoms with Gasteiger partial charge in [0, 0.05) is 6.54 Å². The van der Waals surface area contributed by atoms with Crippen LogP contribution in [0, 0.1) is 0 Å². The lowest BCUT2D eigenvalue weighted by Crippen LogP contribution is -2.29. The van der Waals surface area contributed by atoms with Gasteiger partial charge in [-0.2, -0.15) is 0 Å². The van der Waals surface area contributed by atoms with Crippen molar-refractivity contribution >= 4 is 11.8 Å². The molecule has 0 aliphatic carbocycles. The highest BCUT2D eigenvalue weighted by atomic mass is 16.5. The summed E-state index contributed by atoms with van der Waals surface area (Å²) in [6.07, 6.45) is 3.14. The molecule has 1 heterocycles. The second-order valence-corrected chi connectivity index (χ2v) is 3.82. The highest BCUT2D eigenvalue weighted by molar-refractivity contribution is 6.21. The van der Waals surface area contributed by atoms with E-state index in [-0.39, 0.29) is 18.4 Å². The van der Waals surface area contributed by atoms with Crippen LogP contribution in [0.25, 0.3) is 0 Å². The summed E-state index contributed by atoms with van der Waals surface area (Å²) in [4.78, 5) is 25.1. The molecule has 4 nitrogen and oxygen atoms in total. The summed E-state index contributed by atoms with van der Waals surface area (Å²) < 4.78 is 5.34. The Bertz CT molecular complexity index is 534. The van der Waals surface area contributed by atoms with E-state index in [1.54, 1.807) is 24.3 Å². The Kier molecular flexibility index (Phi) is 3.28. The zero-order chi connectivity index (χ0) is 13.1. The van der Waals surface area contributed by atoms with Gasteiger partial charge in [-0.1, -0.05) is 18.7 Å². The van der Waals surface area contributed by atoms with Crippen LogP contribution < -0.4 is 4.74 Å². The molecular formula is C14H13NO3. The fourth-order valence-electron chi connectivity index (χ4n) is 1.81. The van der Waals surface area contributed by atoms with Crippen molar-refractivity contribution in [3.63, 3.8) is 0 Å². The second kappa shape index (κ2) is 4.87. The summed E-state index contributed by atoms with van der Waals surface area (Å²) in [5.74, 6) is -0.0422. The molecule has 2 amide bonds. The highest BCUT2D eigenvalue weighted by Gasteiger charge is 2.34. The van der Waals surface area contributed by atoms with Crippen molar-refractivity contribution in [2.45, 2.75) is 0 Å². The molecule has 1 aliphatic heterocycles. The maximum Gasteiger partial charge on any atom is 0.261 e. The third kappa shape index (κ3) is 1.93. The van der Waals surface area contributed by atoms with Crippen molar-refractivity contribution in [1.82, 2.24) is 4.90 Å². The second-order valence-electron chi connectivity index (χ2n) is 3.82. The standard InChI is InChI=1S/C14H13NO3/c1-3-7-15-13(16)11-6-5-10(18-8-4-2)9-12(11)14(15)17/h3-6,9H,1-2,7-8H2. The molecule has 1 aromatic rings. The molecule has 4 heteroatoms. The number of carbonyl (C=O) groups is 2. The number of benzene rings is 1. The van der Waals surface area contributed by atoms with E-state index in [1.807, 2.05) is 0 Å². The number of imide groups is 1. The molecule has 0 N–H and O–H groups in total. The predicted octanol–water partition coefficient (Wildman–Crippen LogP) is 2.03. The molecule has 0 fully saturated rings. The Hall–Kier alpha value is -2.36. The largest absolute Gasteiger partial charge is 0.490 e. The molecule has 0 saturated carbocycles. The van der Waals surface area contributed by atoms with Gasteiger partial charge in [0.15, 0.2) is 0 Å². The molecule has 0 aromatic heterocycles. The van der Waals surface area contributed by atoms with Crippen LogP contribution in [-0.4, -0.2) is 29.9 Å². The van der Waals surface area contributed by atoms with Gasteiger partial charge in [-0.25, -0.2) is 0 Å². The Balaban J connectivity index is 2.33. The first-order valence-corrected chi connectivity index (χ1v) is 5.54. The van der Waals surface area contributed by atoms with E-state index in [0.29, 0.717) is 23.5 Å². The van der Waals surface area contributed by atoms with Crippen molar-refractivity contribution in [2.75, 3.05) is 13.2 Å². The summed E-state index contributed by atoms with van der Waals surface area (Å²) in [7, 11) is 0. The SMILES string of the molecule is C=CCOc1ccc2c(c1)C(=O)N(CC=C)C2=O. The van der Waals surface area contributed by atoms with Gasteiger partial charge in [0.05, 0.1) is 11.1 Å². The molecule has 0 spiro atoms. The van der Waals surface area contributed by atoms with Gasteiger partial charge < -0.3 is 4.74 Å². The molecule has 1 aromatic carbocycles. The van der Waals surface area contributed by atoms with Crippen LogP contribution in [0.5, 0.6) is 5.75 Å². The molecule has 0 atom stereocenters. The number of nitrogens with zero attached hydrogens (tertiary/aromatic N) is 1. The Morgan fingerprint density at radius 3 is 2.50 bits per heavy atom. The molecular weight excluding hydrogens is 230 g/mol. The van der Waals surface area contributed by atoms with Crippen LogP contribution in [0.3, 0.4) is 0 Å². The number of hydrogen-bond acceptors (Lipinski definition) is 3. The van der Waals surface area contributed by atoms with Crippen LogP contribution in [0.4, 0.5) is 0 Å². The maximum atomic E-state index is 12.0. The van der Waals surface area contributed by atoms with Crippen molar-refractivity contribution in [1.29, 1.82) is 0 Å². The maximum absolute atomic E-state index is 12.0. The smallest absolute Gasteiger partial charge is 0.261 e. The number of fused-ring (bicyclic) bond motifs is 1. The number of amides is 2. The van der Waals surface area contributed by atoms with E-state index in [2.05, 4.69) is 13.2 Å². The molecule has 18 heavy (non-hydrogen) atoms. The van der Waals surface area contributed by atoms with Gasteiger partial charge in [-0.15, -0.1) is 6.58 Å². The van der Waals surface area contributed by atoms with Crippen molar-refractivity contribution in [2.24, 2.45) is 0 Å². The molecule has 2 rings (SSSR count). The van der Waals surface area contributed by atoms with Gasteiger partial charge in [-0.3, -0.25) is 14.5 Å². The van der Waals surface area contributed by atoms with E-state index < -0.39 is 0 Å². The minimum absolute atomic E-state index is 0.217. The normalized spacial score (nSPS) is 13.4. The van der Waals surface area contributed by atoms with Gasteiger partial charge in [0.25, 0.3) is 11.8 Å². The molecule has 0 saturated heterocycles. The summed E-state index contributed by atoms with van der Waals surface area (Å²) in [6.45, 7) is 7.65. The van der Waals surface area contributed by atoms with Gasteiger partial charge in [-0.05, 0) is 18.2 Å². The third-order valence-electron chi connectivity index (χ3n) is 2.62. The van der Waals surface area contributed by atoms with E-state index in [1.165, 1.54) is 6.08 Å². The van der Waals surface area contributed by atoms with Crippen molar-refractivity contribution < 1.29 is 14.3 Å². The molecule has 0 radical (unpaired) electrons. The average Bonchev–Trinajstić information content (AvgIpc) is 2.62. The summed E-state index contributed by atoms with van der Waals surface area (Å²) >= 11 is 0. The Labute approximate surface area is 105 Å². The quantitative estimate of drug-likeness (QED) is 0.587. The minimum Gasteiger partial charge on any atom is -0.490 e. The van der Waals surface area contributed by atoms with Crippen LogP contribution in [0.2, 0.25) is 0 Å². The fourth-order valence-corrected chi connectivity index (χ4v) is 1.81. The first-order valence-electron chi connectivity index (χ1n) is 5.54. The first kappa shape index (κ1) is 12.1. The van der Waals surface area contributed by atoms with Crippen LogP contribution in [0.1, 0.15) is 20.7 Å². The van der Waals surface area contributed by atoms with Gasteiger partial charge >= 0.3 is 0 Å². The molecule has 0 bridgehead atoms. The van der Waals surface area contributed by atoms with E-state index in [0.717, 1.165) is 4.90 Å². The lowest BCUT2D eigenvalue weighted by molar-refractivity contribution is 0.0672. The van der Waals surface area contributed by atoms with Gasteiger partial charge in [0.1, 0.15) is 12.4 Å². The summed E-state index contributed by atoms with van der Waals surface area (Å²) in [5, 5.41) is 0.